The quantitative estimate of drug-likeness (QED) is 0.121. The van der Waals surface area contributed by atoms with E-state index in [9.17, 15) is 0 Å². The summed E-state index contributed by atoms with van der Waals surface area (Å²) in [5.41, 5.74) is 9.96. The average molecular weight is 583 g/mol. The van der Waals surface area contributed by atoms with Gasteiger partial charge in [-0.3, -0.25) is 0 Å². The van der Waals surface area contributed by atoms with E-state index in [-0.39, 0.29) is 0 Å². The minimum Gasteiger partial charge on any atom is -0.372 e. The molecule has 0 saturated heterocycles. The molecule has 0 aliphatic heterocycles. The summed E-state index contributed by atoms with van der Waals surface area (Å²) in [5.74, 6) is 0. The van der Waals surface area contributed by atoms with E-state index in [0.717, 1.165) is 51.9 Å². The molecule has 0 amide bonds. The maximum atomic E-state index is 2.52. The fraction of sp³-hybridized carbons (Fsp3) is 0.286. The van der Waals surface area contributed by atoms with Crippen LogP contribution in [0.3, 0.4) is 0 Å². The summed E-state index contributed by atoms with van der Waals surface area (Å²) in [4.78, 5) is 5.04. The van der Waals surface area contributed by atoms with Crippen molar-refractivity contribution >= 4 is 22.5 Å². The van der Waals surface area contributed by atoms with Gasteiger partial charge in [0.25, 0.3) is 0 Å². The lowest BCUT2D eigenvalue weighted by atomic mass is 9.95. The van der Waals surface area contributed by atoms with E-state index in [4.69, 9.17) is 0 Å². The molecule has 0 atom stereocenters. The van der Waals surface area contributed by atoms with Gasteiger partial charge in [-0.05, 0) is 83.3 Å². The van der Waals surface area contributed by atoms with Crippen LogP contribution in [-0.2, 0) is 0 Å². The average Bonchev–Trinajstić information content (AvgIpc) is 3.07. The van der Waals surface area contributed by atoms with Crippen molar-refractivity contribution in [3.05, 3.63) is 156 Å². The van der Waals surface area contributed by atoms with Crippen molar-refractivity contribution < 1.29 is 0 Å². The van der Waals surface area contributed by atoms with Crippen LogP contribution in [0.2, 0.25) is 0 Å². The zero-order valence-electron chi connectivity index (χ0n) is 27.3. The first-order valence-electron chi connectivity index (χ1n) is 16.6. The molecule has 4 rings (SSSR count). The molecule has 0 saturated carbocycles. The Balaban J connectivity index is 1.79. The molecular weight excluding hydrogens is 532 g/mol. The number of hydrogen-bond donors (Lipinski definition) is 0. The Morgan fingerprint density at radius 3 is 1.14 bits per heavy atom. The Morgan fingerprint density at radius 1 is 0.432 bits per heavy atom. The molecule has 2 heteroatoms. The number of nitrogens with zero attached hydrogens (tertiary/aromatic N) is 2. The van der Waals surface area contributed by atoms with E-state index in [1.807, 2.05) is 0 Å². The molecule has 228 valence electrons. The van der Waals surface area contributed by atoms with Gasteiger partial charge in [0.1, 0.15) is 0 Å². The molecule has 4 aromatic carbocycles. The molecule has 44 heavy (non-hydrogen) atoms. The van der Waals surface area contributed by atoms with Gasteiger partial charge in [0.2, 0.25) is 0 Å². The van der Waals surface area contributed by atoms with E-state index in [1.165, 1.54) is 44.8 Å². The van der Waals surface area contributed by atoms with Crippen LogP contribution >= 0.6 is 0 Å². The van der Waals surface area contributed by atoms with E-state index in [1.54, 1.807) is 0 Å². The molecule has 0 aliphatic rings. The van der Waals surface area contributed by atoms with E-state index >= 15 is 0 Å². The second-order valence-corrected chi connectivity index (χ2v) is 11.4. The molecule has 0 radical (unpaired) electrons. The van der Waals surface area contributed by atoms with E-state index in [0.29, 0.717) is 0 Å². The predicted octanol–water partition coefficient (Wildman–Crippen LogP) is 11.1. The molecule has 0 N–H and O–H groups in total. The van der Waals surface area contributed by atoms with Crippen LogP contribution in [0.4, 0.5) is 11.4 Å². The Hall–Kier alpha value is -4.30. The van der Waals surface area contributed by atoms with Crippen LogP contribution in [0.5, 0.6) is 0 Å². The van der Waals surface area contributed by atoms with Crippen molar-refractivity contribution in [3.8, 4) is 0 Å². The van der Waals surface area contributed by atoms with Crippen molar-refractivity contribution in [2.75, 3.05) is 36.0 Å². The number of anilines is 2. The van der Waals surface area contributed by atoms with Gasteiger partial charge >= 0.3 is 0 Å². The summed E-state index contributed by atoms with van der Waals surface area (Å²) in [6, 6.07) is 39.5. The molecule has 0 heterocycles. The fourth-order valence-corrected chi connectivity index (χ4v) is 5.82. The zero-order valence-corrected chi connectivity index (χ0v) is 27.3. The molecule has 0 unspecified atom stereocenters. The third-order valence-electron chi connectivity index (χ3n) is 7.83. The Morgan fingerprint density at radius 2 is 0.773 bits per heavy atom. The smallest absolute Gasteiger partial charge is 0.0372 e. The number of allylic oxidation sites excluding steroid dienone is 4. The van der Waals surface area contributed by atoms with Gasteiger partial charge in [0, 0.05) is 37.6 Å². The highest BCUT2D eigenvalue weighted by molar-refractivity contribution is 5.84. The summed E-state index contributed by atoms with van der Waals surface area (Å²) >= 11 is 0. The highest BCUT2D eigenvalue weighted by atomic mass is 15.1. The first-order valence-corrected chi connectivity index (χ1v) is 16.6. The third kappa shape index (κ3) is 9.10. The number of hydrogen-bond acceptors (Lipinski definition) is 2. The van der Waals surface area contributed by atoms with Gasteiger partial charge in [-0.25, -0.2) is 0 Å². The van der Waals surface area contributed by atoms with Crippen LogP contribution in [0.1, 0.15) is 75.6 Å². The molecule has 0 aromatic heterocycles. The molecule has 0 fully saturated rings. The monoisotopic (exact) mass is 582 g/mol. The summed E-state index contributed by atoms with van der Waals surface area (Å²) in [6.07, 6.45) is 13.5. The summed E-state index contributed by atoms with van der Waals surface area (Å²) < 4.78 is 0. The van der Waals surface area contributed by atoms with Gasteiger partial charge in [-0.1, -0.05) is 137 Å². The third-order valence-corrected chi connectivity index (χ3v) is 7.83. The summed E-state index contributed by atoms with van der Waals surface area (Å²) in [6.45, 7) is 13.3. The maximum absolute atomic E-state index is 2.52. The standard InChI is InChI=1S/C42H50N2/c1-5-29-43(30-6-2)39-25-17-23-37(33-39)42(38-24-18-26-40(34-38)44(31-7-3)32-8-4)28-16-15-27-41(35-19-11-9-12-20-35)36-21-13-10-14-22-36/h9-28,33-34H,5-8,29-32H2,1-4H3. The Kier molecular flexibility index (Phi) is 13.1. The molecule has 0 aliphatic carbocycles. The highest BCUT2D eigenvalue weighted by Gasteiger charge is 2.12. The molecule has 4 aromatic rings. The second-order valence-electron chi connectivity index (χ2n) is 11.4. The van der Waals surface area contributed by atoms with Gasteiger partial charge < -0.3 is 9.80 Å². The molecule has 0 bridgehead atoms. The first-order chi connectivity index (χ1) is 21.7. The molecule has 2 nitrogen and oxygen atoms in total. The van der Waals surface area contributed by atoms with Gasteiger partial charge in [-0.2, -0.15) is 0 Å². The van der Waals surface area contributed by atoms with Crippen LogP contribution in [0.25, 0.3) is 11.1 Å². The lowest BCUT2D eigenvalue weighted by Crippen LogP contribution is -2.25. The second kappa shape index (κ2) is 17.7. The van der Waals surface area contributed by atoms with Crippen LogP contribution in [0, 0.1) is 0 Å². The van der Waals surface area contributed by atoms with Gasteiger partial charge in [0.15, 0.2) is 0 Å². The normalized spacial score (nSPS) is 10.9. The predicted molar refractivity (Wildman–Crippen MR) is 195 cm³/mol. The molecule has 0 spiro atoms. The topological polar surface area (TPSA) is 6.48 Å². The van der Waals surface area contributed by atoms with Crippen molar-refractivity contribution in [3.63, 3.8) is 0 Å². The minimum absolute atomic E-state index is 1.07. The van der Waals surface area contributed by atoms with Crippen molar-refractivity contribution in [1.29, 1.82) is 0 Å². The van der Waals surface area contributed by atoms with Crippen molar-refractivity contribution in [1.82, 2.24) is 0 Å². The van der Waals surface area contributed by atoms with Gasteiger partial charge in [0.05, 0.1) is 0 Å². The number of rotatable bonds is 16. The van der Waals surface area contributed by atoms with Gasteiger partial charge in [-0.15, -0.1) is 0 Å². The zero-order chi connectivity index (χ0) is 31.0. The van der Waals surface area contributed by atoms with E-state index in [2.05, 4.69) is 171 Å². The highest BCUT2D eigenvalue weighted by Crippen LogP contribution is 2.30. The summed E-state index contributed by atoms with van der Waals surface area (Å²) in [7, 11) is 0. The largest absolute Gasteiger partial charge is 0.372 e. The SMILES string of the molecule is CCCN(CCC)c1cccc(C(=CC=CC=C(c2ccccc2)c2ccccc2)c2cccc(N(CCC)CCC)c2)c1. The lowest BCUT2D eigenvalue weighted by molar-refractivity contribution is 0.744. The summed E-state index contributed by atoms with van der Waals surface area (Å²) in [5, 5.41) is 0. The minimum atomic E-state index is 1.07. The first kappa shape index (κ1) is 32.6. The van der Waals surface area contributed by atoms with Crippen LogP contribution in [0.15, 0.2) is 133 Å². The van der Waals surface area contributed by atoms with Crippen LogP contribution < -0.4 is 9.80 Å². The van der Waals surface area contributed by atoms with Crippen LogP contribution in [-0.4, -0.2) is 26.2 Å². The Labute approximate surface area is 267 Å². The van der Waals surface area contributed by atoms with E-state index < -0.39 is 0 Å². The van der Waals surface area contributed by atoms with Crippen molar-refractivity contribution in [2.45, 2.75) is 53.4 Å². The molecular formula is C42H50N2. The Bertz CT molecular complexity index is 1380. The number of benzene rings is 4. The maximum Gasteiger partial charge on any atom is 0.0372 e. The van der Waals surface area contributed by atoms with Crippen molar-refractivity contribution in [2.24, 2.45) is 0 Å². The lowest BCUT2D eigenvalue weighted by Gasteiger charge is -2.25. The fourth-order valence-electron chi connectivity index (χ4n) is 5.82.